The van der Waals surface area contributed by atoms with Gasteiger partial charge in [0.15, 0.2) is 7.14 Å². The van der Waals surface area contributed by atoms with Crippen LogP contribution in [0.4, 0.5) is 0 Å². The lowest BCUT2D eigenvalue weighted by molar-refractivity contribution is 0.593. The topological polar surface area (TPSA) is 43.4 Å². The molecule has 0 unspecified atom stereocenters. The van der Waals surface area contributed by atoms with Gasteiger partial charge in [-0.15, -0.1) is 0 Å². The van der Waals surface area contributed by atoms with Gasteiger partial charge in [-0.25, -0.2) is 0 Å². The van der Waals surface area contributed by atoms with Gasteiger partial charge in [-0.05, 0) is 86.3 Å². The fraction of sp³-hybridized carbons (Fsp3) is 0. The summed E-state index contributed by atoms with van der Waals surface area (Å²) in [6.07, 6.45) is 0. The van der Waals surface area contributed by atoms with E-state index in [0.29, 0.717) is 0 Å². The molecule has 0 saturated carbocycles. The van der Waals surface area contributed by atoms with Crippen LogP contribution in [0.2, 0.25) is 0 Å². The van der Waals surface area contributed by atoms with Gasteiger partial charge in [0.2, 0.25) is 0 Å². The summed E-state index contributed by atoms with van der Waals surface area (Å²) in [6, 6.07) is 64.4. The number of hydrogen-bond donors (Lipinski definition) is 0. The molecule has 0 amide bonds. The molecule has 2 aromatic heterocycles. The lowest BCUT2D eigenvalue weighted by atomic mass is 9.91. The quantitative estimate of drug-likeness (QED) is 0.132. The summed E-state index contributed by atoms with van der Waals surface area (Å²) >= 11 is 0. The van der Waals surface area contributed by atoms with Crippen molar-refractivity contribution in [2.24, 2.45) is 0 Å². The lowest BCUT2D eigenvalue weighted by Gasteiger charge is -2.25. The van der Waals surface area contributed by atoms with Gasteiger partial charge in [0.05, 0.1) is 0 Å². The first-order chi connectivity index (χ1) is 26.6. The number of furan rings is 2. The monoisotopic (exact) mass is 710 g/mol. The van der Waals surface area contributed by atoms with E-state index in [1.54, 1.807) is 0 Å². The van der Waals surface area contributed by atoms with E-state index >= 15 is 4.57 Å². The zero-order chi connectivity index (χ0) is 35.8. The van der Waals surface area contributed by atoms with Crippen molar-refractivity contribution in [2.75, 3.05) is 0 Å². The summed E-state index contributed by atoms with van der Waals surface area (Å²) in [5.74, 6) is 0. The summed E-state index contributed by atoms with van der Waals surface area (Å²) in [7, 11) is -3.32. The molecule has 54 heavy (non-hydrogen) atoms. The van der Waals surface area contributed by atoms with Gasteiger partial charge in [-0.1, -0.05) is 146 Å². The first-order valence-electron chi connectivity index (χ1n) is 18.2. The number of benzene rings is 9. The van der Waals surface area contributed by atoms with Crippen LogP contribution in [-0.2, 0) is 4.57 Å². The van der Waals surface area contributed by atoms with E-state index in [9.17, 15) is 0 Å². The summed E-state index contributed by atoms with van der Waals surface area (Å²) in [5.41, 5.74) is 7.88. The molecular weight excluding hydrogens is 680 g/mol. The Kier molecular flexibility index (Phi) is 6.83. The van der Waals surface area contributed by atoms with Crippen molar-refractivity contribution < 1.29 is 13.4 Å². The van der Waals surface area contributed by atoms with Crippen LogP contribution in [0.15, 0.2) is 197 Å². The van der Waals surface area contributed by atoms with Crippen molar-refractivity contribution in [1.29, 1.82) is 0 Å². The molecule has 4 heteroatoms. The molecule has 0 aliphatic rings. The Balaban J connectivity index is 1.14. The predicted octanol–water partition coefficient (Wildman–Crippen LogP) is 12.8. The Labute approximate surface area is 311 Å². The van der Waals surface area contributed by atoms with Gasteiger partial charge in [-0.3, -0.25) is 0 Å². The molecule has 0 aliphatic heterocycles. The Morgan fingerprint density at radius 3 is 1.20 bits per heavy atom. The third kappa shape index (κ3) is 4.59. The number of para-hydroxylation sites is 1. The molecule has 11 rings (SSSR count). The van der Waals surface area contributed by atoms with Gasteiger partial charge in [0, 0.05) is 37.5 Å². The summed E-state index contributed by atoms with van der Waals surface area (Å²) in [5, 5.41) is 10.9. The van der Waals surface area contributed by atoms with E-state index in [2.05, 4.69) is 115 Å². The molecule has 0 saturated heterocycles. The third-order valence-electron chi connectivity index (χ3n) is 10.9. The average Bonchev–Trinajstić information content (AvgIpc) is 3.80. The Morgan fingerprint density at radius 1 is 0.315 bits per heavy atom. The van der Waals surface area contributed by atoms with Gasteiger partial charge in [-0.2, -0.15) is 0 Å². The highest BCUT2D eigenvalue weighted by atomic mass is 31.2. The SMILES string of the molecule is O=P(c1ccccc1)(c1ccccc1)c1c2ccccc2c(-c2ccc3oc4ccc(-c5ccc6oc7ccccc7c6c5)cc4c3c2)c2ccccc12. The van der Waals surface area contributed by atoms with Crippen LogP contribution in [0.3, 0.4) is 0 Å². The zero-order valence-corrected chi connectivity index (χ0v) is 30.0. The maximum absolute atomic E-state index is 16.0. The third-order valence-corrected chi connectivity index (χ3v) is 14.1. The van der Waals surface area contributed by atoms with E-state index in [4.69, 9.17) is 8.83 Å². The average molecular weight is 711 g/mol. The Morgan fingerprint density at radius 2 is 0.685 bits per heavy atom. The van der Waals surface area contributed by atoms with E-state index in [1.807, 2.05) is 72.8 Å². The van der Waals surface area contributed by atoms with E-state index in [-0.39, 0.29) is 0 Å². The maximum Gasteiger partial charge on any atom is 0.172 e. The first kappa shape index (κ1) is 30.9. The highest BCUT2D eigenvalue weighted by molar-refractivity contribution is 7.86. The molecule has 0 atom stereocenters. The molecular formula is C50H31O3P. The molecule has 2 heterocycles. The highest BCUT2D eigenvalue weighted by Gasteiger charge is 2.34. The fourth-order valence-corrected chi connectivity index (χ4v) is 11.5. The van der Waals surface area contributed by atoms with E-state index in [1.165, 1.54) is 0 Å². The fourth-order valence-electron chi connectivity index (χ4n) is 8.46. The molecule has 3 nitrogen and oxygen atoms in total. The summed E-state index contributed by atoms with van der Waals surface area (Å²) < 4.78 is 28.6. The van der Waals surface area contributed by atoms with Crippen LogP contribution < -0.4 is 15.9 Å². The minimum absolute atomic E-state index is 0.821. The molecule has 11 aromatic rings. The van der Waals surface area contributed by atoms with Gasteiger partial charge in [0.25, 0.3) is 0 Å². The maximum atomic E-state index is 16.0. The second-order valence-electron chi connectivity index (χ2n) is 13.9. The zero-order valence-electron chi connectivity index (χ0n) is 29.1. The molecule has 9 aromatic carbocycles. The van der Waals surface area contributed by atoms with Crippen molar-refractivity contribution in [3.05, 3.63) is 188 Å². The minimum atomic E-state index is -3.32. The molecule has 0 N–H and O–H groups in total. The van der Waals surface area contributed by atoms with E-state index < -0.39 is 7.14 Å². The molecule has 0 spiro atoms. The number of hydrogen-bond acceptors (Lipinski definition) is 3. The standard InChI is InChI=1S/C50H31O3P/c51-54(35-13-3-1-4-14-35,36-15-5-2-6-16-36)50-40-20-9-7-18-38(40)49(39-19-8-10-21-41(39)50)34-25-28-48-44(31-34)43-30-33(24-27-47(43)53-48)32-23-26-46-42(29-32)37-17-11-12-22-45(37)52-46/h1-31H. The van der Waals surface area contributed by atoms with Gasteiger partial charge >= 0.3 is 0 Å². The summed E-state index contributed by atoms with van der Waals surface area (Å²) in [4.78, 5) is 0. The van der Waals surface area contributed by atoms with E-state index in [0.717, 1.165) is 104 Å². The number of rotatable bonds is 5. The smallest absolute Gasteiger partial charge is 0.172 e. The van der Waals surface area contributed by atoms with Crippen molar-refractivity contribution in [3.63, 3.8) is 0 Å². The van der Waals surface area contributed by atoms with Gasteiger partial charge in [0.1, 0.15) is 22.3 Å². The first-order valence-corrected chi connectivity index (χ1v) is 19.9. The van der Waals surface area contributed by atoms with Crippen molar-refractivity contribution in [2.45, 2.75) is 0 Å². The van der Waals surface area contributed by atoms with Crippen molar-refractivity contribution in [3.8, 4) is 22.3 Å². The molecule has 254 valence electrons. The normalized spacial score (nSPS) is 12.1. The number of fused-ring (bicyclic) bond motifs is 8. The largest absolute Gasteiger partial charge is 0.456 e. The molecule has 0 aliphatic carbocycles. The molecule has 0 radical (unpaired) electrons. The lowest BCUT2D eigenvalue weighted by Crippen LogP contribution is -2.26. The van der Waals surface area contributed by atoms with Crippen LogP contribution >= 0.6 is 7.14 Å². The predicted molar refractivity (Wildman–Crippen MR) is 226 cm³/mol. The van der Waals surface area contributed by atoms with Crippen LogP contribution in [-0.4, -0.2) is 0 Å². The van der Waals surface area contributed by atoms with Crippen molar-refractivity contribution in [1.82, 2.24) is 0 Å². The Bertz CT molecular complexity index is 3200. The van der Waals surface area contributed by atoms with Crippen molar-refractivity contribution >= 4 is 88.5 Å². The molecule has 0 fully saturated rings. The van der Waals surface area contributed by atoms with Crippen LogP contribution in [0.1, 0.15) is 0 Å². The second kappa shape index (κ2) is 11.9. The highest BCUT2D eigenvalue weighted by Crippen LogP contribution is 2.49. The van der Waals surface area contributed by atoms with Gasteiger partial charge < -0.3 is 13.4 Å². The second-order valence-corrected chi connectivity index (χ2v) is 16.6. The van der Waals surface area contributed by atoms with Crippen LogP contribution in [0.5, 0.6) is 0 Å². The minimum Gasteiger partial charge on any atom is -0.456 e. The summed E-state index contributed by atoms with van der Waals surface area (Å²) in [6.45, 7) is 0. The molecule has 0 bridgehead atoms. The van der Waals surface area contributed by atoms with Crippen LogP contribution in [0.25, 0.3) is 87.7 Å². The van der Waals surface area contributed by atoms with Crippen LogP contribution in [0, 0.1) is 0 Å². The Hall–Kier alpha value is -6.67.